The molecule has 1 nitrogen and oxygen atoms in total. The van der Waals surface area contributed by atoms with Crippen molar-refractivity contribution >= 4 is 0 Å². The van der Waals surface area contributed by atoms with E-state index in [2.05, 4.69) is 261 Å². The molecule has 0 saturated carbocycles. The molecule has 1 heterocycles. The van der Waals surface area contributed by atoms with Crippen LogP contribution in [0, 0.1) is 0 Å². The van der Waals surface area contributed by atoms with E-state index < -0.39 is 5.41 Å². The highest BCUT2D eigenvalue weighted by Crippen LogP contribution is 2.63. The van der Waals surface area contributed by atoms with Crippen molar-refractivity contribution < 1.29 is 0 Å². The first-order chi connectivity index (χ1) is 33.2. The van der Waals surface area contributed by atoms with Crippen LogP contribution in [0.25, 0.3) is 100 Å². The Kier molecular flexibility index (Phi) is 9.15. The molecule has 11 aromatic rings. The van der Waals surface area contributed by atoms with Gasteiger partial charge in [0.2, 0.25) is 0 Å². The molecular formula is C66H43N. The van der Waals surface area contributed by atoms with Crippen LogP contribution in [0.5, 0.6) is 0 Å². The summed E-state index contributed by atoms with van der Waals surface area (Å²) in [4.78, 5) is 5.65. The van der Waals surface area contributed by atoms with Crippen LogP contribution in [0.3, 0.4) is 0 Å². The van der Waals surface area contributed by atoms with Crippen LogP contribution < -0.4 is 0 Å². The molecule has 0 unspecified atom stereocenters. The molecule has 10 aromatic carbocycles. The highest BCUT2D eigenvalue weighted by molar-refractivity contribution is 5.96. The van der Waals surface area contributed by atoms with Crippen LogP contribution in [0.15, 0.2) is 261 Å². The molecular weight excluding hydrogens is 807 g/mol. The van der Waals surface area contributed by atoms with E-state index in [9.17, 15) is 0 Å². The van der Waals surface area contributed by atoms with E-state index in [0.29, 0.717) is 0 Å². The Morgan fingerprint density at radius 2 is 0.493 bits per heavy atom. The van der Waals surface area contributed by atoms with Gasteiger partial charge in [-0.05, 0) is 155 Å². The van der Waals surface area contributed by atoms with Crippen molar-refractivity contribution in [3.63, 3.8) is 0 Å². The fourth-order valence-corrected chi connectivity index (χ4v) is 11.0. The number of benzene rings is 10. The van der Waals surface area contributed by atoms with Crippen molar-refractivity contribution in [2.75, 3.05) is 0 Å². The van der Waals surface area contributed by atoms with Crippen LogP contribution in [0.2, 0.25) is 0 Å². The first-order valence-corrected chi connectivity index (χ1v) is 23.2. The topological polar surface area (TPSA) is 12.9 Å². The van der Waals surface area contributed by atoms with E-state index in [0.717, 1.165) is 55.9 Å². The van der Waals surface area contributed by atoms with E-state index in [4.69, 9.17) is 4.98 Å². The van der Waals surface area contributed by atoms with Crippen LogP contribution >= 0.6 is 0 Å². The molecule has 0 atom stereocenters. The number of rotatable bonds is 7. The molecule has 0 amide bonds. The second-order valence-electron chi connectivity index (χ2n) is 17.8. The van der Waals surface area contributed by atoms with Crippen LogP contribution in [-0.4, -0.2) is 4.98 Å². The predicted molar refractivity (Wildman–Crippen MR) is 279 cm³/mol. The minimum Gasteiger partial charge on any atom is -0.248 e. The normalized spacial score (nSPS) is 12.6. The van der Waals surface area contributed by atoms with Crippen molar-refractivity contribution in [2.24, 2.45) is 0 Å². The molecule has 1 aromatic heterocycles. The minimum atomic E-state index is -0.399. The van der Waals surface area contributed by atoms with Crippen molar-refractivity contribution in [1.29, 1.82) is 0 Å². The Hall–Kier alpha value is -8.65. The molecule has 312 valence electrons. The average molecular weight is 850 g/mol. The summed E-state index contributed by atoms with van der Waals surface area (Å²) >= 11 is 0. The van der Waals surface area contributed by atoms with Gasteiger partial charge in [-0.3, -0.25) is 0 Å². The summed E-state index contributed by atoms with van der Waals surface area (Å²) in [5.41, 5.74) is 25.7. The Morgan fingerprint density at radius 1 is 0.194 bits per heavy atom. The summed E-state index contributed by atoms with van der Waals surface area (Å²) in [5, 5.41) is 0. The molecule has 1 spiro atoms. The lowest BCUT2D eigenvalue weighted by molar-refractivity contribution is 0.794. The van der Waals surface area contributed by atoms with E-state index in [1.54, 1.807) is 0 Å². The van der Waals surface area contributed by atoms with Gasteiger partial charge in [-0.1, -0.05) is 206 Å². The van der Waals surface area contributed by atoms with Gasteiger partial charge in [0, 0.05) is 11.1 Å². The molecule has 2 aliphatic rings. The number of nitrogens with zero attached hydrogens (tertiary/aromatic N) is 1. The summed E-state index contributed by atoms with van der Waals surface area (Å²) in [7, 11) is 0. The second kappa shape index (κ2) is 15.8. The smallest absolute Gasteiger partial charge is 0.0725 e. The molecule has 67 heavy (non-hydrogen) atoms. The Balaban J connectivity index is 1.06. The number of hydrogen-bond acceptors (Lipinski definition) is 1. The van der Waals surface area contributed by atoms with Crippen molar-refractivity contribution in [3.8, 4) is 100 Å². The predicted octanol–water partition coefficient (Wildman–Crippen LogP) is 17.1. The van der Waals surface area contributed by atoms with Gasteiger partial charge in [0.15, 0.2) is 0 Å². The van der Waals surface area contributed by atoms with Crippen LogP contribution in [0.1, 0.15) is 22.3 Å². The molecule has 0 fully saturated rings. The molecule has 0 N–H and O–H groups in total. The number of hydrogen-bond donors (Lipinski definition) is 0. The van der Waals surface area contributed by atoms with E-state index >= 15 is 0 Å². The zero-order chi connectivity index (χ0) is 44.3. The standard InChI is InChI=1S/C66H43N/c1-5-19-44(20-6-1)49-35-50(45-21-7-2-8-22-45)38-54(37-49)64-42-53(43-65(67-64)55-39-51(46-23-9-3-10-24-46)36-52(40-55)47-25-11-4-12-26-47)48-33-34-63-59(41-48)58-29-15-18-32-62(58)66(63)60-30-16-13-27-56(60)57-28-14-17-31-61(57)66/h1-43H. The molecule has 0 saturated heterocycles. The lowest BCUT2D eigenvalue weighted by Gasteiger charge is -2.30. The molecule has 0 radical (unpaired) electrons. The number of aromatic nitrogens is 1. The summed E-state index contributed by atoms with van der Waals surface area (Å²) in [6.07, 6.45) is 0. The summed E-state index contributed by atoms with van der Waals surface area (Å²) in [6, 6.07) is 95.6. The Labute approximate surface area is 392 Å². The van der Waals surface area contributed by atoms with Gasteiger partial charge in [-0.25, -0.2) is 4.98 Å². The SMILES string of the molecule is c1ccc(-c2cc(-c3ccccc3)cc(-c3cc(-c4ccc5c(c4)-c4ccccc4C54c5ccccc5-c5ccccc54)cc(-c4cc(-c5ccccc5)cc(-c5ccccc5)c4)n3)c2)cc1. The van der Waals surface area contributed by atoms with Gasteiger partial charge in [0.25, 0.3) is 0 Å². The average Bonchev–Trinajstić information content (AvgIpc) is 3.88. The summed E-state index contributed by atoms with van der Waals surface area (Å²) in [5.74, 6) is 0. The molecule has 0 aliphatic heterocycles. The van der Waals surface area contributed by atoms with Gasteiger partial charge >= 0.3 is 0 Å². The maximum absolute atomic E-state index is 5.65. The van der Waals surface area contributed by atoms with Gasteiger partial charge in [-0.2, -0.15) is 0 Å². The maximum Gasteiger partial charge on any atom is 0.0725 e. The Bertz CT molecular complexity index is 3360. The summed E-state index contributed by atoms with van der Waals surface area (Å²) < 4.78 is 0. The lowest BCUT2D eigenvalue weighted by atomic mass is 9.70. The van der Waals surface area contributed by atoms with Crippen molar-refractivity contribution in [2.45, 2.75) is 5.41 Å². The zero-order valence-corrected chi connectivity index (χ0v) is 36.8. The fraction of sp³-hybridized carbons (Fsp3) is 0.0152. The van der Waals surface area contributed by atoms with Crippen molar-refractivity contribution in [3.05, 3.63) is 283 Å². The maximum atomic E-state index is 5.65. The fourth-order valence-electron chi connectivity index (χ4n) is 11.0. The Morgan fingerprint density at radius 3 is 0.881 bits per heavy atom. The van der Waals surface area contributed by atoms with Crippen LogP contribution in [0.4, 0.5) is 0 Å². The quantitative estimate of drug-likeness (QED) is 0.156. The third-order valence-electron chi connectivity index (χ3n) is 14.0. The largest absolute Gasteiger partial charge is 0.248 e. The third kappa shape index (κ3) is 6.43. The first kappa shape index (κ1) is 38.8. The van der Waals surface area contributed by atoms with E-state index in [1.165, 1.54) is 66.8 Å². The number of fused-ring (bicyclic) bond motifs is 10. The van der Waals surface area contributed by atoms with Gasteiger partial charge < -0.3 is 0 Å². The van der Waals surface area contributed by atoms with Crippen LogP contribution in [-0.2, 0) is 5.41 Å². The second-order valence-corrected chi connectivity index (χ2v) is 17.8. The first-order valence-electron chi connectivity index (χ1n) is 23.2. The highest BCUT2D eigenvalue weighted by atomic mass is 14.7. The molecule has 13 rings (SSSR count). The van der Waals surface area contributed by atoms with E-state index in [1.807, 2.05) is 0 Å². The highest BCUT2D eigenvalue weighted by Gasteiger charge is 2.51. The molecule has 1 heteroatoms. The van der Waals surface area contributed by atoms with E-state index in [-0.39, 0.29) is 0 Å². The van der Waals surface area contributed by atoms with Gasteiger partial charge in [0.05, 0.1) is 16.8 Å². The zero-order valence-electron chi connectivity index (χ0n) is 36.8. The van der Waals surface area contributed by atoms with Crippen molar-refractivity contribution in [1.82, 2.24) is 4.98 Å². The number of pyridine rings is 1. The molecule has 0 bridgehead atoms. The third-order valence-corrected chi connectivity index (χ3v) is 14.0. The summed E-state index contributed by atoms with van der Waals surface area (Å²) in [6.45, 7) is 0. The van der Waals surface area contributed by atoms with Gasteiger partial charge in [-0.15, -0.1) is 0 Å². The molecule has 2 aliphatic carbocycles. The van der Waals surface area contributed by atoms with Gasteiger partial charge in [0.1, 0.15) is 0 Å². The minimum absolute atomic E-state index is 0.399. The monoisotopic (exact) mass is 849 g/mol. The lowest BCUT2D eigenvalue weighted by Crippen LogP contribution is -2.25.